The molecule has 0 amide bonds. The molecule has 1 aliphatic rings. The van der Waals surface area contributed by atoms with Crippen LogP contribution in [0.4, 0.5) is 0 Å². The van der Waals surface area contributed by atoms with E-state index in [1.807, 2.05) is 50.5 Å². The number of hydrogen-bond donors (Lipinski definition) is 1. The Morgan fingerprint density at radius 2 is 1.95 bits per heavy atom. The van der Waals surface area contributed by atoms with Crippen LogP contribution in [0.15, 0.2) is 40.9 Å². The van der Waals surface area contributed by atoms with E-state index in [0.717, 1.165) is 22.9 Å². The molecular formula is C14H19BrClN2O+. The molecule has 2 N–H and O–H groups in total. The van der Waals surface area contributed by atoms with Gasteiger partial charge in [-0.25, -0.2) is 0 Å². The molecule has 0 saturated heterocycles. The molecule has 3 nitrogen and oxygen atoms in total. The van der Waals surface area contributed by atoms with Gasteiger partial charge < -0.3 is 9.28 Å². The SMILES string of the molecule is C[N+]1(C)CC=CC(C=O)(c2ccc(Br)cc2)C1N.Cl. The van der Waals surface area contributed by atoms with Gasteiger partial charge in [0, 0.05) is 4.47 Å². The third kappa shape index (κ3) is 2.77. The number of benzene rings is 1. The summed E-state index contributed by atoms with van der Waals surface area (Å²) in [4.78, 5) is 11.7. The molecule has 2 unspecified atom stereocenters. The van der Waals surface area contributed by atoms with Crippen molar-refractivity contribution < 1.29 is 9.28 Å². The Labute approximate surface area is 128 Å². The third-order valence-electron chi connectivity index (χ3n) is 3.75. The number of likely N-dealkylation sites (N-methyl/N-ethyl adjacent to an activating group) is 1. The zero-order valence-electron chi connectivity index (χ0n) is 11.0. The molecule has 104 valence electrons. The lowest BCUT2D eigenvalue weighted by molar-refractivity contribution is -0.914. The average molecular weight is 347 g/mol. The molecule has 0 aromatic heterocycles. The highest BCUT2D eigenvalue weighted by atomic mass is 79.9. The van der Waals surface area contributed by atoms with Gasteiger partial charge in [0.25, 0.3) is 0 Å². The minimum absolute atomic E-state index is 0. The summed E-state index contributed by atoms with van der Waals surface area (Å²) in [6.45, 7) is 0.841. The standard InChI is InChI=1S/C14H18BrN2O.ClH/c1-17(2)9-3-8-14(10-18,13(17)16)11-4-6-12(15)7-5-11;/h3-8,10,13H,9,16H2,1-2H3;1H/q+1;. The lowest BCUT2D eigenvalue weighted by Gasteiger charge is -2.45. The van der Waals surface area contributed by atoms with Crippen molar-refractivity contribution in [3.8, 4) is 0 Å². The van der Waals surface area contributed by atoms with Crippen molar-refractivity contribution in [3.63, 3.8) is 0 Å². The van der Waals surface area contributed by atoms with E-state index in [9.17, 15) is 4.79 Å². The summed E-state index contributed by atoms with van der Waals surface area (Å²) in [5.41, 5.74) is 6.56. The second kappa shape index (κ2) is 5.75. The molecule has 19 heavy (non-hydrogen) atoms. The van der Waals surface area contributed by atoms with Crippen LogP contribution in [0.1, 0.15) is 5.56 Å². The molecule has 0 aliphatic carbocycles. The maximum Gasteiger partial charge on any atom is 0.160 e. The van der Waals surface area contributed by atoms with E-state index in [0.29, 0.717) is 4.48 Å². The van der Waals surface area contributed by atoms with Gasteiger partial charge in [-0.15, -0.1) is 12.4 Å². The van der Waals surface area contributed by atoms with Crippen molar-refractivity contribution in [1.82, 2.24) is 0 Å². The largest absolute Gasteiger partial charge is 0.309 e. The molecule has 0 saturated carbocycles. The fourth-order valence-corrected chi connectivity index (χ4v) is 2.76. The Bertz CT molecular complexity index is 487. The summed E-state index contributed by atoms with van der Waals surface area (Å²) >= 11 is 3.41. The fourth-order valence-electron chi connectivity index (χ4n) is 2.49. The second-order valence-corrected chi connectivity index (χ2v) is 6.28. The number of carbonyl (C=O) groups is 1. The van der Waals surface area contributed by atoms with Crippen LogP contribution in [0.5, 0.6) is 0 Å². The van der Waals surface area contributed by atoms with Crippen LogP contribution in [-0.2, 0) is 10.2 Å². The van der Waals surface area contributed by atoms with Crippen LogP contribution < -0.4 is 5.73 Å². The Hall–Kier alpha value is -0.680. The predicted octanol–water partition coefficient (Wildman–Crippen LogP) is 2.24. The lowest BCUT2D eigenvalue weighted by Crippen LogP contribution is -2.65. The molecule has 1 aromatic carbocycles. The highest BCUT2D eigenvalue weighted by Crippen LogP contribution is 2.34. The number of nitrogens with zero attached hydrogens (tertiary/aromatic N) is 1. The lowest BCUT2D eigenvalue weighted by atomic mass is 9.76. The van der Waals surface area contributed by atoms with Gasteiger partial charge in [-0.3, -0.25) is 5.73 Å². The highest BCUT2D eigenvalue weighted by molar-refractivity contribution is 9.10. The van der Waals surface area contributed by atoms with Crippen molar-refractivity contribution in [2.24, 2.45) is 5.73 Å². The fraction of sp³-hybridized carbons (Fsp3) is 0.357. The maximum absolute atomic E-state index is 11.7. The Morgan fingerprint density at radius 1 is 1.37 bits per heavy atom. The first-order valence-electron chi connectivity index (χ1n) is 5.91. The summed E-state index contributed by atoms with van der Waals surface area (Å²) < 4.78 is 1.60. The average Bonchev–Trinajstić information content (AvgIpc) is 2.34. The molecule has 0 fully saturated rings. The summed E-state index contributed by atoms with van der Waals surface area (Å²) in [5.74, 6) is 0. The van der Waals surface area contributed by atoms with Crippen LogP contribution in [-0.4, -0.2) is 37.6 Å². The minimum Gasteiger partial charge on any atom is -0.309 e. The van der Waals surface area contributed by atoms with E-state index >= 15 is 0 Å². The zero-order valence-corrected chi connectivity index (χ0v) is 13.4. The zero-order chi connectivity index (χ0) is 13.4. The van der Waals surface area contributed by atoms with E-state index in [-0.39, 0.29) is 18.6 Å². The molecule has 2 atom stereocenters. The number of carbonyl (C=O) groups excluding carboxylic acids is 1. The number of halogens is 2. The van der Waals surface area contributed by atoms with E-state index in [1.54, 1.807) is 0 Å². The first kappa shape index (κ1) is 16.4. The quantitative estimate of drug-likeness (QED) is 0.507. The first-order valence-corrected chi connectivity index (χ1v) is 6.70. The van der Waals surface area contributed by atoms with E-state index in [4.69, 9.17) is 5.73 Å². The van der Waals surface area contributed by atoms with Crippen LogP contribution in [0.25, 0.3) is 0 Å². The molecule has 1 aliphatic heterocycles. The highest BCUT2D eigenvalue weighted by Gasteiger charge is 2.47. The number of quaternary nitrogens is 1. The van der Waals surface area contributed by atoms with Crippen LogP contribution >= 0.6 is 28.3 Å². The van der Waals surface area contributed by atoms with Crippen molar-refractivity contribution >= 4 is 34.6 Å². The number of nitrogens with two attached hydrogens (primary N) is 1. The molecule has 2 rings (SSSR count). The molecule has 5 heteroatoms. The molecule has 1 aromatic rings. The summed E-state index contributed by atoms with van der Waals surface area (Å²) in [7, 11) is 4.09. The van der Waals surface area contributed by atoms with E-state index in [1.165, 1.54) is 0 Å². The Morgan fingerprint density at radius 3 is 2.47 bits per heavy atom. The van der Waals surface area contributed by atoms with Crippen LogP contribution in [0.2, 0.25) is 0 Å². The molecule has 1 heterocycles. The van der Waals surface area contributed by atoms with Gasteiger partial charge in [-0.1, -0.05) is 34.1 Å². The van der Waals surface area contributed by atoms with Gasteiger partial charge in [-0.2, -0.15) is 0 Å². The second-order valence-electron chi connectivity index (χ2n) is 5.37. The van der Waals surface area contributed by atoms with Gasteiger partial charge in [-0.05, 0) is 23.8 Å². The monoisotopic (exact) mass is 345 g/mol. The molecule has 0 bridgehead atoms. The van der Waals surface area contributed by atoms with Crippen LogP contribution in [0, 0.1) is 0 Å². The molecule has 0 spiro atoms. The Kier molecular flexibility index (Phi) is 4.96. The number of hydrogen-bond acceptors (Lipinski definition) is 2. The van der Waals surface area contributed by atoms with Gasteiger partial charge in [0.05, 0.1) is 20.6 Å². The molecule has 0 radical (unpaired) electrons. The van der Waals surface area contributed by atoms with E-state index < -0.39 is 5.41 Å². The van der Waals surface area contributed by atoms with Gasteiger partial charge in [0.15, 0.2) is 6.17 Å². The maximum atomic E-state index is 11.7. The summed E-state index contributed by atoms with van der Waals surface area (Å²) in [5, 5.41) is 0. The topological polar surface area (TPSA) is 43.1 Å². The summed E-state index contributed by atoms with van der Waals surface area (Å²) in [6.07, 6.45) is 4.68. The first-order chi connectivity index (χ1) is 8.42. The van der Waals surface area contributed by atoms with Crippen molar-refractivity contribution in [2.45, 2.75) is 11.6 Å². The van der Waals surface area contributed by atoms with Crippen LogP contribution in [0.3, 0.4) is 0 Å². The Balaban J connectivity index is 0.00000180. The number of aldehydes is 1. The number of rotatable bonds is 2. The van der Waals surface area contributed by atoms with E-state index in [2.05, 4.69) is 15.9 Å². The smallest absolute Gasteiger partial charge is 0.160 e. The van der Waals surface area contributed by atoms with Gasteiger partial charge in [0.1, 0.15) is 11.7 Å². The van der Waals surface area contributed by atoms with Crippen molar-refractivity contribution in [1.29, 1.82) is 0 Å². The third-order valence-corrected chi connectivity index (χ3v) is 4.28. The normalized spacial score (nSPS) is 28.5. The molecular weight excluding hydrogens is 328 g/mol. The summed E-state index contributed by atoms with van der Waals surface area (Å²) in [6, 6.07) is 7.79. The van der Waals surface area contributed by atoms with Crippen molar-refractivity contribution in [2.75, 3.05) is 20.6 Å². The predicted molar refractivity (Wildman–Crippen MR) is 83.2 cm³/mol. The van der Waals surface area contributed by atoms with Crippen molar-refractivity contribution in [3.05, 3.63) is 46.5 Å². The van der Waals surface area contributed by atoms with Gasteiger partial charge in [0.2, 0.25) is 0 Å². The minimum atomic E-state index is -0.734. The van der Waals surface area contributed by atoms with Gasteiger partial charge >= 0.3 is 0 Å².